The lowest BCUT2D eigenvalue weighted by atomic mass is 10.3. The van der Waals surface area contributed by atoms with Crippen LogP contribution in [0.4, 0.5) is 0 Å². The van der Waals surface area contributed by atoms with E-state index in [2.05, 4.69) is 10.1 Å². The zero-order valence-corrected chi connectivity index (χ0v) is 9.68. The maximum Gasteiger partial charge on any atom is 0.252 e. The van der Waals surface area contributed by atoms with Crippen LogP contribution in [-0.2, 0) is 6.61 Å². The van der Waals surface area contributed by atoms with Crippen molar-refractivity contribution in [3.05, 3.63) is 36.0 Å². The first kappa shape index (κ1) is 10.6. The van der Waals surface area contributed by atoms with Gasteiger partial charge in [-0.25, -0.2) is 0 Å². The zero-order valence-electron chi connectivity index (χ0n) is 8.87. The van der Waals surface area contributed by atoms with Crippen molar-refractivity contribution in [3.63, 3.8) is 0 Å². The molecule has 1 unspecified atom stereocenters. The van der Waals surface area contributed by atoms with Gasteiger partial charge in [0.05, 0.1) is 0 Å². The molecule has 0 amide bonds. The fourth-order valence-electron chi connectivity index (χ4n) is 1.61. The van der Waals surface area contributed by atoms with Gasteiger partial charge in [0.1, 0.15) is 12.4 Å². The molecule has 0 radical (unpaired) electrons. The monoisotopic (exact) mass is 250 g/mol. The van der Waals surface area contributed by atoms with Gasteiger partial charge in [0.2, 0.25) is 5.82 Å². The van der Waals surface area contributed by atoms with Crippen molar-refractivity contribution in [1.29, 1.82) is 0 Å². The van der Waals surface area contributed by atoms with E-state index in [1.165, 1.54) is 0 Å². The van der Waals surface area contributed by atoms with E-state index in [9.17, 15) is 0 Å². The maximum absolute atomic E-state index is 8.86. The summed E-state index contributed by atoms with van der Waals surface area (Å²) in [6.45, 7) is -0.247. The van der Waals surface area contributed by atoms with Crippen molar-refractivity contribution in [2.45, 2.75) is 17.6 Å². The third-order valence-electron chi connectivity index (χ3n) is 2.42. The van der Waals surface area contributed by atoms with Crippen LogP contribution >= 0.6 is 11.8 Å². The molecule has 1 atom stereocenters. The molecule has 0 bridgehead atoms. The number of hydrogen-bond donors (Lipinski definition) is 1. The van der Waals surface area contributed by atoms with Crippen LogP contribution in [0.1, 0.15) is 17.8 Å². The summed E-state index contributed by atoms with van der Waals surface area (Å²) in [6, 6.07) is 7.85. The number of aliphatic hydroxyl groups excluding tert-OH is 1. The fraction of sp³-hybridized carbons (Fsp3) is 0.273. The molecule has 0 aliphatic carbocycles. The van der Waals surface area contributed by atoms with Crippen LogP contribution in [-0.4, -0.2) is 21.0 Å². The summed E-state index contributed by atoms with van der Waals surface area (Å²) in [5, 5.41) is 12.7. The lowest BCUT2D eigenvalue weighted by molar-refractivity contribution is 0.202. The highest BCUT2D eigenvalue weighted by Crippen LogP contribution is 2.39. The molecule has 3 rings (SSSR count). The number of aliphatic hydroxyl groups is 1. The molecule has 0 fully saturated rings. The van der Waals surface area contributed by atoms with Gasteiger partial charge >= 0.3 is 0 Å². The van der Waals surface area contributed by atoms with E-state index in [4.69, 9.17) is 14.4 Å². The average molecular weight is 250 g/mol. The normalized spacial score (nSPS) is 18.5. The number of hydrogen-bond acceptors (Lipinski definition) is 6. The fourth-order valence-corrected chi connectivity index (χ4v) is 2.59. The molecular formula is C11H10N2O3S. The third kappa shape index (κ3) is 2.01. The second kappa shape index (κ2) is 4.38. The van der Waals surface area contributed by atoms with E-state index >= 15 is 0 Å². The van der Waals surface area contributed by atoms with Crippen molar-refractivity contribution >= 4 is 11.8 Å². The Morgan fingerprint density at radius 1 is 1.41 bits per heavy atom. The molecule has 88 valence electrons. The molecule has 1 aliphatic rings. The van der Waals surface area contributed by atoms with Gasteiger partial charge in [-0.15, -0.1) is 11.8 Å². The van der Waals surface area contributed by atoms with Crippen molar-refractivity contribution in [2.75, 3.05) is 5.75 Å². The van der Waals surface area contributed by atoms with Crippen LogP contribution in [0.25, 0.3) is 0 Å². The number of thioether (sulfide) groups is 1. The molecule has 0 saturated carbocycles. The molecule has 2 heterocycles. The predicted molar refractivity (Wildman–Crippen MR) is 60.8 cm³/mol. The topological polar surface area (TPSA) is 68.4 Å². The van der Waals surface area contributed by atoms with E-state index in [0.717, 1.165) is 16.4 Å². The van der Waals surface area contributed by atoms with E-state index in [0.29, 0.717) is 5.82 Å². The third-order valence-corrected chi connectivity index (χ3v) is 3.53. The zero-order chi connectivity index (χ0) is 11.7. The summed E-state index contributed by atoms with van der Waals surface area (Å²) in [6.07, 6.45) is -0.223. The van der Waals surface area contributed by atoms with Gasteiger partial charge in [-0.3, -0.25) is 0 Å². The van der Waals surface area contributed by atoms with Crippen LogP contribution in [0.2, 0.25) is 0 Å². The Kier molecular flexibility index (Phi) is 2.74. The highest BCUT2D eigenvalue weighted by atomic mass is 32.2. The largest absolute Gasteiger partial charge is 0.480 e. The number of benzene rings is 1. The Hall–Kier alpha value is -1.53. The molecule has 1 aromatic heterocycles. The van der Waals surface area contributed by atoms with Gasteiger partial charge in [0.25, 0.3) is 5.89 Å². The molecule has 0 saturated heterocycles. The molecule has 5 nitrogen and oxygen atoms in total. The summed E-state index contributed by atoms with van der Waals surface area (Å²) >= 11 is 1.70. The van der Waals surface area contributed by atoms with Crippen LogP contribution in [0, 0.1) is 0 Å². The molecule has 1 aliphatic heterocycles. The van der Waals surface area contributed by atoms with Gasteiger partial charge in [0.15, 0.2) is 6.10 Å². The van der Waals surface area contributed by atoms with E-state index in [-0.39, 0.29) is 18.6 Å². The second-order valence-corrected chi connectivity index (χ2v) is 4.63. The van der Waals surface area contributed by atoms with E-state index in [1.807, 2.05) is 24.3 Å². The first-order valence-electron chi connectivity index (χ1n) is 5.18. The standard InChI is InChI=1S/C11H10N2O3S/c14-5-10-12-11(13-16-10)8-6-17-9-4-2-1-3-7(9)15-8/h1-4,8,14H,5-6H2. The smallest absolute Gasteiger partial charge is 0.252 e. The Labute approximate surface area is 102 Å². The number of fused-ring (bicyclic) bond motifs is 1. The minimum Gasteiger partial charge on any atom is -0.480 e. The number of rotatable bonds is 2. The first-order valence-corrected chi connectivity index (χ1v) is 6.17. The molecule has 6 heteroatoms. The van der Waals surface area contributed by atoms with Gasteiger partial charge in [-0.1, -0.05) is 17.3 Å². The van der Waals surface area contributed by atoms with Crippen LogP contribution in [0.5, 0.6) is 5.75 Å². The summed E-state index contributed by atoms with van der Waals surface area (Å²) in [7, 11) is 0. The molecule has 0 spiro atoms. The molecule has 2 aromatic rings. The predicted octanol–water partition coefficient (Wildman–Crippen LogP) is 1.79. The van der Waals surface area contributed by atoms with Crippen LogP contribution in [0.15, 0.2) is 33.7 Å². The van der Waals surface area contributed by atoms with E-state index < -0.39 is 0 Å². The summed E-state index contributed by atoms with van der Waals surface area (Å²) in [4.78, 5) is 5.18. The Balaban J connectivity index is 1.84. The number of ether oxygens (including phenoxy) is 1. The molecule has 1 aromatic carbocycles. The van der Waals surface area contributed by atoms with Crippen LogP contribution in [0.3, 0.4) is 0 Å². The van der Waals surface area contributed by atoms with Gasteiger partial charge in [-0.05, 0) is 12.1 Å². The molecular weight excluding hydrogens is 240 g/mol. The lowest BCUT2D eigenvalue weighted by Gasteiger charge is -2.22. The first-order chi connectivity index (χ1) is 8.36. The Morgan fingerprint density at radius 3 is 3.12 bits per heavy atom. The molecule has 17 heavy (non-hydrogen) atoms. The summed E-state index contributed by atoms with van der Waals surface area (Å²) < 4.78 is 10.6. The van der Waals surface area contributed by atoms with Crippen molar-refractivity contribution in [3.8, 4) is 5.75 Å². The number of aromatic nitrogens is 2. The van der Waals surface area contributed by atoms with Crippen molar-refractivity contribution < 1.29 is 14.4 Å². The quantitative estimate of drug-likeness (QED) is 0.876. The molecule has 1 N–H and O–H groups in total. The van der Waals surface area contributed by atoms with Crippen molar-refractivity contribution in [2.24, 2.45) is 0 Å². The minimum absolute atomic E-state index is 0.215. The minimum atomic E-state index is -0.247. The highest BCUT2D eigenvalue weighted by Gasteiger charge is 2.25. The average Bonchev–Trinajstić information content (AvgIpc) is 2.87. The number of para-hydroxylation sites is 1. The van der Waals surface area contributed by atoms with Gasteiger partial charge in [-0.2, -0.15) is 4.98 Å². The van der Waals surface area contributed by atoms with Gasteiger partial charge < -0.3 is 14.4 Å². The number of nitrogens with zero attached hydrogens (tertiary/aromatic N) is 2. The summed E-state index contributed by atoms with van der Waals surface area (Å²) in [5.74, 6) is 2.27. The Morgan fingerprint density at radius 2 is 2.29 bits per heavy atom. The SMILES string of the molecule is OCc1nc(C2CSc3ccccc3O2)no1. The Bertz CT molecular complexity index is 529. The highest BCUT2D eigenvalue weighted by molar-refractivity contribution is 7.99. The summed E-state index contributed by atoms with van der Waals surface area (Å²) in [5.41, 5.74) is 0. The van der Waals surface area contributed by atoms with E-state index in [1.54, 1.807) is 11.8 Å². The maximum atomic E-state index is 8.86. The van der Waals surface area contributed by atoms with Crippen molar-refractivity contribution in [1.82, 2.24) is 10.1 Å². The van der Waals surface area contributed by atoms with Gasteiger partial charge in [0, 0.05) is 10.6 Å². The van der Waals surface area contributed by atoms with Crippen LogP contribution < -0.4 is 4.74 Å². The second-order valence-electron chi connectivity index (χ2n) is 3.57. The lowest BCUT2D eigenvalue weighted by Crippen LogP contribution is -2.16.